The highest BCUT2D eigenvalue weighted by molar-refractivity contribution is 9.08. The summed E-state index contributed by atoms with van der Waals surface area (Å²) in [6.45, 7) is 14.5. The number of aromatic nitrogens is 6. The normalized spacial score (nSPS) is 13.9. The molecule has 0 atom stereocenters. The predicted octanol–water partition coefficient (Wildman–Crippen LogP) is 7.57. The second-order valence-electron chi connectivity index (χ2n) is 18.8. The molecule has 3 N–H and O–H groups in total. The minimum atomic E-state index is -1.11. The SMILES string of the molecule is N#Cc1c(N2CCOCC2)sc(C(=O)O)c1Cn1cnc2ccccc2c1=O.N#Cc1c(N2CCOCC2)sc(C(=O)O)c1Cn1cnc2ccccc2c1=O.O=c1[nH]cnc2ccccc12.[C-]#[N+]c1c(N2CCOCC2)sc(C(=O)OC)c1CBr. The standard InChI is InChI=1S/2C19H16N4O4S.C12H13BrN2O3S.C8H6N2O/c2*20-9-13-14(10-23-11-21-15-4-2-1-3-12(15)17(23)24)16(19(25)26)28-18(13)22-5-7-27-8-6-22;1-14-9-8(7-13)10(12(16)17-2)19-11(9)15-3-5-18-6-4-15;11-8-6-3-1-2-4-7(6)9-5-10-8/h2*1-4,11H,5-8,10H2,(H,25,26);3-7H2,2H3;1-5H,(H,9,10,11). The Morgan fingerprint density at radius 2 is 1.02 bits per heavy atom. The molecule has 86 heavy (non-hydrogen) atoms. The number of ether oxygens (including phenoxy) is 4. The average Bonchev–Trinajstić information content (AvgIpc) is 2.19. The molecule has 3 fully saturated rings. The van der Waals surface area contributed by atoms with Crippen LogP contribution in [0.25, 0.3) is 37.6 Å². The molecule has 3 aliphatic heterocycles. The molecule has 9 aromatic rings. The third-order valence-corrected chi connectivity index (χ3v) is 18.1. The van der Waals surface area contributed by atoms with E-state index in [1.54, 1.807) is 54.6 Å². The number of carbonyl (C=O) groups excluding carboxylic acids is 1. The lowest BCUT2D eigenvalue weighted by Crippen LogP contribution is -2.36. The molecule has 0 spiro atoms. The zero-order valence-corrected chi connectivity index (χ0v) is 49.8. The summed E-state index contributed by atoms with van der Waals surface area (Å²) >= 11 is 6.81. The van der Waals surface area contributed by atoms with Crippen LogP contribution < -0.4 is 31.4 Å². The van der Waals surface area contributed by atoms with Crippen molar-refractivity contribution < 1.29 is 43.5 Å². The summed E-state index contributed by atoms with van der Waals surface area (Å²) in [6.07, 6.45) is 4.19. The highest BCUT2D eigenvalue weighted by Gasteiger charge is 2.30. The molecule has 3 aromatic carbocycles. The van der Waals surface area contributed by atoms with Crippen LogP contribution in [0.4, 0.5) is 20.7 Å². The summed E-state index contributed by atoms with van der Waals surface area (Å²) < 4.78 is 23.5. The molecule has 0 radical (unpaired) electrons. The number of esters is 1. The van der Waals surface area contributed by atoms with E-state index in [9.17, 15) is 49.5 Å². The minimum Gasteiger partial charge on any atom is -0.477 e. The van der Waals surface area contributed by atoms with Gasteiger partial charge in [-0.1, -0.05) is 52.3 Å². The van der Waals surface area contributed by atoms with Gasteiger partial charge in [0.2, 0.25) is 5.69 Å². The van der Waals surface area contributed by atoms with Crippen LogP contribution in [0.2, 0.25) is 0 Å². The molecule has 440 valence electrons. The highest BCUT2D eigenvalue weighted by atomic mass is 79.9. The van der Waals surface area contributed by atoms with Crippen molar-refractivity contribution in [2.45, 2.75) is 18.4 Å². The lowest BCUT2D eigenvalue weighted by Gasteiger charge is -2.28. The van der Waals surface area contributed by atoms with E-state index in [1.165, 1.54) is 46.6 Å². The van der Waals surface area contributed by atoms with E-state index in [0.717, 1.165) is 46.3 Å². The number of rotatable bonds is 11. The lowest BCUT2D eigenvalue weighted by atomic mass is 10.1. The van der Waals surface area contributed by atoms with Gasteiger partial charge in [-0.3, -0.25) is 23.5 Å². The number of nitrogens with one attached hydrogen (secondary N) is 1. The number of anilines is 3. The highest BCUT2D eigenvalue weighted by Crippen LogP contribution is 2.45. The number of thiophene rings is 3. The molecule has 0 amide bonds. The molecule has 12 rings (SSSR count). The van der Waals surface area contributed by atoms with E-state index in [0.29, 0.717) is 147 Å². The number of morpholine rings is 3. The summed E-state index contributed by atoms with van der Waals surface area (Å²) in [5.41, 5.74) is 3.76. The maximum absolute atomic E-state index is 12.8. The van der Waals surface area contributed by atoms with Gasteiger partial charge in [0.1, 0.15) is 36.8 Å². The number of nitrogens with zero attached hydrogens (tertiary/aromatic N) is 11. The maximum Gasteiger partial charge on any atom is 0.347 e. The van der Waals surface area contributed by atoms with Gasteiger partial charge < -0.3 is 48.8 Å². The smallest absolute Gasteiger partial charge is 0.347 e. The number of carbonyl (C=O) groups is 3. The van der Waals surface area contributed by atoms with E-state index >= 15 is 0 Å². The molecule has 0 bridgehead atoms. The Morgan fingerprint density at radius 1 is 0.628 bits per heavy atom. The van der Waals surface area contributed by atoms with Crippen LogP contribution in [-0.2, 0) is 37.4 Å². The Bertz CT molecular complexity index is 4120. The van der Waals surface area contributed by atoms with E-state index in [4.69, 9.17) is 25.5 Å². The zero-order valence-electron chi connectivity index (χ0n) is 45.8. The number of benzene rings is 3. The van der Waals surface area contributed by atoms with Crippen molar-refractivity contribution >= 4 is 121 Å². The van der Waals surface area contributed by atoms with Crippen LogP contribution >= 0.6 is 49.9 Å². The second kappa shape index (κ2) is 28.6. The lowest BCUT2D eigenvalue weighted by molar-refractivity contribution is 0.0603. The van der Waals surface area contributed by atoms with Gasteiger partial charge in [0.15, 0.2) is 0 Å². The van der Waals surface area contributed by atoms with Crippen molar-refractivity contribution in [3.05, 3.63) is 177 Å². The number of alkyl halides is 1. The summed E-state index contributed by atoms with van der Waals surface area (Å²) in [5, 5.41) is 42.9. The largest absolute Gasteiger partial charge is 0.477 e. The van der Waals surface area contributed by atoms with Gasteiger partial charge >= 0.3 is 17.9 Å². The van der Waals surface area contributed by atoms with Crippen molar-refractivity contribution in [3.8, 4) is 12.1 Å². The monoisotopic (exact) mass is 1280 g/mol. The van der Waals surface area contributed by atoms with Gasteiger partial charge in [0.25, 0.3) is 16.7 Å². The third kappa shape index (κ3) is 13.5. The number of carboxylic acid groups (broad SMARTS) is 2. The predicted molar refractivity (Wildman–Crippen MR) is 328 cm³/mol. The number of halogens is 1. The average molecular weight is 1280 g/mol. The van der Waals surface area contributed by atoms with Crippen LogP contribution in [0.1, 0.15) is 56.8 Å². The summed E-state index contributed by atoms with van der Waals surface area (Å²) in [4.78, 5) is 97.4. The third-order valence-electron chi connectivity index (χ3n) is 13.7. The van der Waals surface area contributed by atoms with Crippen molar-refractivity contribution in [1.29, 1.82) is 10.5 Å². The number of aromatic carboxylic acids is 2. The van der Waals surface area contributed by atoms with Gasteiger partial charge in [0.05, 0.1) is 134 Å². The van der Waals surface area contributed by atoms with Gasteiger partial charge in [0, 0.05) is 55.7 Å². The van der Waals surface area contributed by atoms with E-state index < -0.39 is 11.9 Å². The molecule has 0 unspecified atom stereocenters. The summed E-state index contributed by atoms with van der Waals surface area (Å²) in [5.74, 6) is -2.61. The molecule has 3 aliphatic rings. The Hall–Kier alpha value is -9.18. The number of para-hydroxylation sites is 3. The molecule has 0 saturated carbocycles. The maximum atomic E-state index is 12.8. The minimum absolute atomic E-state index is 0.0258. The van der Waals surface area contributed by atoms with E-state index in [-0.39, 0.29) is 45.5 Å². The first-order valence-corrected chi connectivity index (χ1v) is 29.9. The fourth-order valence-corrected chi connectivity index (χ4v) is 13.7. The quantitative estimate of drug-likeness (QED) is 0.0639. The van der Waals surface area contributed by atoms with Crippen LogP contribution in [0.5, 0.6) is 0 Å². The van der Waals surface area contributed by atoms with Crippen molar-refractivity contribution in [1.82, 2.24) is 29.1 Å². The molecule has 28 heteroatoms. The Labute approximate surface area is 509 Å². The molecule has 0 aliphatic carbocycles. The Balaban J connectivity index is 0.000000144. The van der Waals surface area contributed by atoms with Crippen LogP contribution in [-0.4, -0.2) is 143 Å². The fraction of sp³-hybridized carbons (Fsp3) is 0.276. The zero-order chi connectivity index (χ0) is 60.9. The number of carboxylic acids is 2. The van der Waals surface area contributed by atoms with Gasteiger partial charge in [-0.15, -0.1) is 34.0 Å². The van der Waals surface area contributed by atoms with Gasteiger partial charge in [-0.05, 0) is 42.0 Å². The van der Waals surface area contributed by atoms with Crippen molar-refractivity contribution in [2.75, 3.05) is 101 Å². The van der Waals surface area contributed by atoms with Gasteiger partial charge in [-0.25, -0.2) is 34.2 Å². The molecular formula is C58H51BrN12O12S3. The van der Waals surface area contributed by atoms with Crippen LogP contribution in [0.15, 0.2) is 106 Å². The Morgan fingerprint density at radius 3 is 1.41 bits per heavy atom. The molecule has 24 nitrogen and oxygen atoms in total. The number of hydrogen-bond donors (Lipinski definition) is 3. The summed E-state index contributed by atoms with van der Waals surface area (Å²) in [6, 6.07) is 25.4. The number of fused-ring (bicyclic) bond motifs is 3. The van der Waals surface area contributed by atoms with Crippen molar-refractivity contribution in [3.63, 3.8) is 0 Å². The first kappa shape index (κ1) is 61.4. The van der Waals surface area contributed by atoms with Crippen LogP contribution in [0.3, 0.4) is 0 Å². The van der Waals surface area contributed by atoms with Crippen LogP contribution in [0, 0.1) is 29.2 Å². The fourth-order valence-electron chi connectivity index (χ4n) is 9.48. The van der Waals surface area contributed by atoms with E-state index in [1.807, 2.05) is 28.0 Å². The number of aromatic amines is 1. The first-order valence-electron chi connectivity index (χ1n) is 26.3. The first-order chi connectivity index (χ1) is 41.8. The van der Waals surface area contributed by atoms with Crippen molar-refractivity contribution in [2.24, 2.45) is 0 Å². The topological polar surface area (TPSA) is 306 Å². The molecular weight excluding hydrogens is 1230 g/mol. The number of H-pyrrole nitrogens is 1. The number of hydrogen-bond acceptors (Lipinski definition) is 21. The molecule has 6 aromatic heterocycles. The molecule has 3 saturated heterocycles. The summed E-state index contributed by atoms with van der Waals surface area (Å²) in [7, 11) is 1.35. The second-order valence-corrected chi connectivity index (χ2v) is 22.3. The number of methoxy groups -OCH3 is 1. The Kier molecular flexibility index (Phi) is 20.4. The number of nitriles is 2. The van der Waals surface area contributed by atoms with Gasteiger partial charge in [-0.2, -0.15) is 10.5 Å². The van der Waals surface area contributed by atoms with E-state index in [2.05, 4.69) is 57.7 Å². The molecule has 9 heterocycles.